The van der Waals surface area contributed by atoms with Crippen LogP contribution in [0.15, 0.2) is 0 Å². The third-order valence-electron chi connectivity index (χ3n) is 2.85. The van der Waals surface area contributed by atoms with Crippen molar-refractivity contribution in [2.75, 3.05) is 13.6 Å². The number of carbonyl (C=O) groups is 3. The average molecular weight is 241 g/mol. The first-order valence-corrected chi connectivity index (χ1v) is 5.81. The van der Waals surface area contributed by atoms with Crippen molar-refractivity contribution < 1.29 is 14.4 Å². The number of amides is 3. The molecule has 6 nitrogen and oxygen atoms in total. The van der Waals surface area contributed by atoms with E-state index in [1.165, 1.54) is 7.05 Å². The van der Waals surface area contributed by atoms with Gasteiger partial charge in [0.2, 0.25) is 17.7 Å². The van der Waals surface area contributed by atoms with Gasteiger partial charge in [0.15, 0.2) is 0 Å². The van der Waals surface area contributed by atoms with Gasteiger partial charge in [0.05, 0.1) is 12.1 Å². The van der Waals surface area contributed by atoms with Crippen molar-refractivity contribution in [3.05, 3.63) is 0 Å². The Morgan fingerprint density at radius 1 is 1.53 bits per heavy atom. The molecule has 1 aliphatic heterocycles. The monoisotopic (exact) mass is 241 g/mol. The first-order chi connectivity index (χ1) is 7.97. The van der Waals surface area contributed by atoms with E-state index in [0.29, 0.717) is 19.4 Å². The minimum atomic E-state index is -0.449. The highest BCUT2D eigenvalue weighted by molar-refractivity contribution is 6.00. The van der Waals surface area contributed by atoms with Crippen molar-refractivity contribution in [3.8, 4) is 0 Å². The van der Waals surface area contributed by atoms with Crippen molar-refractivity contribution in [3.63, 3.8) is 0 Å². The molecule has 1 aliphatic rings. The molecule has 96 valence electrons. The van der Waals surface area contributed by atoms with E-state index < -0.39 is 12.1 Å². The Morgan fingerprint density at radius 2 is 2.18 bits per heavy atom. The first-order valence-electron chi connectivity index (χ1n) is 5.81. The van der Waals surface area contributed by atoms with Crippen LogP contribution in [0, 0.1) is 0 Å². The molecule has 1 saturated heterocycles. The molecule has 2 unspecified atom stereocenters. The number of likely N-dealkylation sites (N-methyl/N-ethyl adjacent to an activating group) is 2. The van der Waals surface area contributed by atoms with Crippen LogP contribution in [-0.2, 0) is 14.4 Å². The fourth-order valence-electron chi connectivity index (χ4n) is 1.78. The second-order valence-electron chi connectivity index (χ2n) is 4.17. The second-order valence-corrected chi connectivity index (χ2v) is 4.17. The van der Waals surface area contributed by atoms with Crippen molar-refractivity contribution in [1.29, 1.82) is 0 Å². The highest BCUT2D eigenvalue weighted by Crippen LogP contribution is 2.11. The molecule has 0 aromatic carbocycles. The molecule has 0 aromatic rings. The molecule has 0 aliphatic carbocycles. The number of nitrogens with zero attached hydrogens (tertiary/aromatic N) is 1. The van der Waals surface area contributed by atoms with Crippen LogP contribution in [0.2, 0.25) is 0 Å². The molecule has 1 fully saturated rings. The lowest BCUT2D eigenvalue weighted by Gasteiger charge is -2.30. The Bertz CT molecular complexity index is 330. The Balaban J connectivity index is 2.54. The molecule has 6 heteroatoms. The lowest BCUT2D eigenvalue weighted by atomic mass is 10.0. The molecule has 0 bridgehead atoms. The van der Waals surface area contributed by atoms with Gasteiger partial charge in [-0.3, -0.25) is 24.6 Å². The van der Waals surface area contributed by atoms with E-state index in [4.69, 9.17) is 0 Å². The summed E-state index contributed by atoms with van der Waals surface area (Å²) in [7, 11) is 1.47. The molecule has 3 amide bonds. The van der Waals surface area contributed by atoms with Crippen LogP contribution < -0.4 is 10.6 Å². The summed E-state index contributed by atoms with van der Waals surface area (Å²) in [6.07, 6.45) is 0.785. The summed E-state index contributed by atoms with van der Waals surface area (Å²) in [5.74, 6) is -0.573. The van der Waals surface area contributed by atoms with Crippen molar-refractivity contribution >= 4 is 17.7 Å². The second kappa shape index (κ2) is 5.77. The first kappa shape index (κ1) is 13.6. The van der Waals surface area contributed by atoms with Gasteiger partial charge >= 0.3 is 0 Å². The number of imide groups is 1. The minimum Gasteiger partial charge on any atom is -0.355 e. The zero-order valence-electron chi connectivity index (χ0n) is 10.4. The van der Waals surface area contributed by atoms with Crippen LogP contribution in [0.3, 0.4) is 0 Å². The molecule has 1 rings (SSSR count). The van der Waals surface area contributed by atoms with Crippen LogP contribution in [-0.4, -0.2) is 48.3 Å². The summed E-state index contributed by atoms with van der Waals surface area (Å²) in [4.78, 5) is 35.7. The van der Waals surface area contributed by atoms with Gasteiger partial charge in [-0.15, -0.1) is 0 Å². The Morgan fingerprint density at radius 3 is 2.76 bits per heavy atom. The van der Waals surface area contributed by atoms with Crippen LogP contribution >= 0.6 is 0 Å². The average Bonchev–Trinajstić information content (AvgIpc) is 2.30. The van der Waals surface area contributed by atoms with E-state index >= 15 is 0 Å². The number of carbonyl (C=O) groups excluding carboxylic acids is 3. The van der Waals surface area contributed by atoms with Crippen molar-refractivity contribution in [2.45, 2.75) is 38.8 Å². The smallest absolute Gasteiger partial charge is 0.246 e. The lowest BCUT2D eigenvalue weighted by Crippen LogP contribution is -2.56. The van der Waals surface area contributed by atoms with Gasteiger partial charge in [-0.25, -0.2) is 0 Å². The van der Waals surface area contributed by atoms with Gasteiger partial charge in [-0.1, -0.05) is 0 Å². The summed E-state index contributed by atoms with van der Waals surface area (Å²) in [6, 6.07) is -0.888. The SMILES string of the molecule is CCNC(=O)C(C)NC1CCC(=O)N(C)C1=O. The Labute approximate surface area is 101 Å². The van der Waals surface area contributed by atoms with E-state index in [1.807, 2.05) is 6.92 Å². The van der Waals surface area contributed by atoms with E-state index in [0.717, 1.165) is 4.90 Å². The molecule has 0 radical (unpaired) electrons. The molecule has 0 spiro atoms. The van der Waals surface area contributed by atoms with E-state index in [9.17, 15) is 14.4 Å². The zero-order valence-corrected chi connectivity index (χ0v) is 10.4. The third-order valence-corrected chi connectivity index (χ3v) is 2.85. The highest BCUT2D eigenvalue weighted by Gasteiger charge is 2.33. The lowest BCUT2D eigenvalue weighted by molar-refractivity contribution is -0.148. The van der Waals surface area contributed by atoms with Crippen molar-refractivity contribution in [2.24, 2.45) is 0 Å². The normalized spacial score (nSPS) is 22.5. The highest BCUT2D eigenvalue weighted by atomic mass is 16.2. The minimum absolute atomic E-state index is 0.139. The van der Waals surface area contributed by atoms with Gasteiger partial charge in [0.25, 0.3) is 0 Å². The largest absolute Gasteiger partial charge is 0.355 e. The third kappa shape index (κ3) is 3.26. The van der Waals surface area contributed by atoms with Gasteiger partial charge in [-0.2, -0.15) is 0 Å². The van der Waals surface area contributed by atoms with Gasteiger partial charge < -0.3 is 5.32 Å². The maximum atomic E-state index is 11.8. The van der Waals surface area contributed by atoms with Crippen LogP contribution in [0.4, 0.5) is 0 Å². The maximum Gasteiger partial charge on any atom is 0.246 e. The molecular formula is C11H19N3O3. The quantitative estimate of drug-likeness (QED) is 0.635. The van der Waals surface area contributed by atoms with Crippen molar-refractivity contribution in [1.82, 2.24) is 15.5 Å². The topological polar surface area (TPSA) is 78.5 Å². The summed E-state index contributed by atoms with van der Waals surface area (Å²) in [5, 5.41) is 5.63. The molecule has 17 heavy (non-hydrogen) atoms. The summed E-state index contributed by atoms with van der Waals surface area (Å²) < 4.78 is 0. The van der Waals surface area contributed by atoms with Gasteiger partial charge in [-0.05, 0) is 20.3 Å². The van der Waals surface area contributed by atoms with Crippen LogP contribution in [0.5, 0.6) is 0 Å². The predicted octanol–water partition coefficient (Wildman–Crippen LogP) is -0.752. The number of rotatable bonds is 4. The van der Waals surface area contributed by atoms with Gasteiger partial charge in [0.1, 0.15) is 0 Å². The van der Waals surface area contributed by atoms with E-state index in [-0.39, 0.29) is 17.7 Å². The predicted molar refractivity (Wildman–Crippen MR) is 62.1 cm³/mol. The Kier molecular flexibility index (Phi) is 4.62. The molecule has 0 saturated carbocycles. The molecule has 2 atom stereocenters. The molecule has 0 aromatic heterocycles. The fraction of sp³-hybridized carbons (Fsp3) is 0.727. The standard InChI is InChI=1S/C11H19N3O3/c1-4-12-10(16)7(2)13-8-5-6-9(15)14(3)11(8)17/h7-8,13H,4-6H2,1-3H3,(H,12,16). The number of hydrogen-bond acceptors (Lipinski definition) is 4. The van der Waals surface area contributed by atoms with E-state index in [2.05, 4.69) is 10.6 Å². The van der Waals surface area contributed by atoms with E-state index in [1.54, 1.807) is 6.92 Å². The number of piperidine rings is 1. The fourth-order valence-corrected chi connectivity index (χ4v) is 1.78. The zero-order chi connectivity index (χ0) is 13.0. The summed E-state index contributed by atoms with van der Waals surface area (Å²) in [6.45, 7) is 4.10. The molecular weight excluding hydrogens is 222 g/mol. The van der Waals surface area contributed by atoms with Crippen LogP contribution in [0.1, 0.15) is 26.7 Å². The van der Waals surface area contributed by atoms with Crippen LogP contribution in [0.25, 0.3) is 0 Å². The summed E-state index contributed by atoms with van der Waals surface area (Å²) >= 11 is 0. The Hall–Kier alpha value is -1.43. The molecule has 2 N–H and O–H groups in total. The maximum absolute atomic E-state index is 11.8. The number of nitrogens with one attached hydrogen (secondary N) is 2. The molecule has 1 heterocycles. The number of hydrogen-bond donors (Lipinski definition) is 2. The number of likely N-dealkylation sites (tertiary alicyclic amines) is 1. The van der Waals surface area contributed by atoms with Gasteiger partial charge in [0, 0.05) is 20.0 Å². The summed E-state index contributed by atoms with van der Waals surface area (Å²) in [5.41, 5.74) is 0.